The van der Waals surface area contributed by atoms with Crippen molar-refractivity contribution >= 4 is 29.3 Å². The van der Waals surface area contributed by atoms with Crippen molar-refractivity contribution in [2.45, 2.75) is 19.4 Å². The maximum absolute atomic E-state index is 12.6. The molecule has 4 N–H and O–H groups in total. The van der Waals surface area contributed by atoms with E-state index in [9.17, 15) is 9.59 Å². The third-order valence-corrected chi connectivity index (χ3v) is 6.34. The average molecular weight is 569 g/mol. The number of benzene rings is 1. The molecule has 11 heteroatoms. The second-order valence-electron chi connectivity index (χ2n) is 9.57. The van der Waals surface area contributed by atoms with Crippen molar-refractivity contribution in [3.63, 3.8) is 0 Å². The van der Waals surface area contributed by atoms with Gasteiger partial charge >= 0.3 is 0 Å². The van der Waals surface area contributed by atoms with Crippen molar-refractivity contribution in [3.8, 4) is 11.8 Å². The number of anilines is 3. The van der Waals surface area contributed by atoms with E-state index in [1.807, 2.05) is 24.3 Å². The van der Waals surface area contributed by atoms with Crippen LogP contribution in [0, 0.1) is 11.8 Å². The lowest BCUT2D eigenvalue weighted by molar-refractivity contribution is -0.123. The standard InChI is InChI=1S/C31H36N8O3/c1-23(36-28(40)7-4-13-32-2)30(41)37-27-6-3-5-25(21-27)8-9-26-22-35-31(34-16-12-24-10-14-33-15-11-24)38-29(26)39-17-19-42-20-18-39/h3-7,10-11,14-15,21-23,32H,12-13,16-20H2,1-2H3,(H,36,40)(H,37,41)(H,34,35,38)/b7-4+/t23-/m0/s1. The predicted octanol–water partition coefficient (Wildman–Crippen LogP) is 1.98. The molecule has 0 saturated carbocycles. The topological polar surface area (TPSA) is 133 Å². The Kier molecular flexibility index (Phi) is 11.4. The number of hydrogen-bond acceptors (Lipinski definition) is 9. The first-order valence-electron chi connectivity index (χ1n) is 13.9. The van der Waals surface area contributed by atoms with E-state index < -0.39 is 6.04 Å². The number of amides is 2. The Morgan fingerprint density at radius 1 is 1.14 bits per heavy atom. The maximum atomic E-state index is 12.6. The number of nitrogens with zero attached hydrogens (tertiary/aromatic N) is 4. The molecular weight excluding hydrogens is 532 g/mol. The molecule has 4 rings (SSSR count). The highest BCUT2D eigenvalue weighted by atomic mass is 16.5. The van der Waals surface area contributed by atoms with Crippen molar-refractivity contribution in [3.05, 3.63) is 83.8 Å². The van der Waals surface area contributed by atoms with E-state index in [-0.39, 0.29) is 11.8 Å². The number of nitrogens with one attached hydrogen (secondary N) is 4. The SMILES string of the molecule is CNC/C=C/C(=O)N[C@@H](C)C(=O)Nc1cccc(C#Cc2cnc(NCCc3ccncc3)nc2N2CCOCC2)c1. The van der Waals surface area contributed by atoms with Gasteiger partial charge in [-0.15, -0.1) is 0 Å². The molecular formula is C31H36N8O3. The molecule has 0 aliphatic carbocycles. The molecule has 1 aliphatic rings. The van der Waals surface area contributed by atoms with Crippen molar-refractivity contribution < 1.29 is 14.3 Å². The Labute approximate surface area is 246 Å². The number of hydrogen-bond donors (Lipinski definition) is 4. The number of ether oxygens (including phenoxy) is 1. The summed E-state index contributed by atoms with van der Waals surface area (Å²) < 4.78 is 5.53. The average Bonchev–Trinajstić information content (AvgIpc) is 3.01. The van der Waals surface area contributed by atoms with Gasteiger partial charge in [0.15, 0.2) is 0 Å². The van der Waals surface area contributed by atoms with E-state index in [0.29, 0.717) is 62.2 Å². The van der Waals surface area contributed by atoms with Gasteiger partial charge in [0.05, 0.1) is 25.0 Å². The number of rotatable bonds is 11. The Morgan fingerprint density at radius 2 is 1.95 bits per heavy atom. The van der Waals surface area contributed by atoms with Crippen molar-refractivity contribution in [2.75, 3.05) is 62.0 Å². The highest BCUT2D eigenvalue weighted by Gasteiger charge is 2.17. The summed E-state index contributed by atoms with van der Waals surface area (Å²) >= 11 is 0. The van der Waals surface area contributed by atoms with Gasteiger partial charge < -0.3 is 30.9 Å². The Hall–Kier alpha value is -4.79. The molecule has 1 atom stereocenters. The normalized spacial score (nSPS) is 13.6. The van der Waals surface area contributed by atoms with Crippen molar-refractivity contribution in [1.29, 1.82) is 0 Å². The quantitative estimate of drug-likeness (QED) is 0.202. The summed E-state index contributed by atoms with van der Waals surface area (Å²) in [5.74, 6) is 7.03. The summed E-state index contributed by atoms with van der Waals surface area (Å²) in [6.45, 7) is 5.55. The molecule has 2 amide bonds. The Morgan fingerprint density at radius 3 is 2.74 bits per heavy atom. The highest BCUT2D eigenvalue weighted by molar-refractivity contribution is 5.98. The molecule has 0 bridgehead atoms. The fourth-order valence-corrected chi connectivity index (χ4v) is 4.11. The fraction of sp³-hybridized carbons (Fsp3) is 0.323. The van der Waals surface area contributed by atoms with Crippen LogP contribution in [0.3, 0.4) is 0 Å². The first kappa shape index (κ1) is 30.2. The number of morpholine rings is 1. The molecule has 2 aromatic heterocycles. The molecule has 1 saturated heterocycles. The lowest BCUT2D eigenvalue weighted by Crippen LogP contribution is -2.40. The summed E-state index contributed by atoms with van der Waals surface area (Å²) in [6.07, 6.45) is 9.22. The second-order valence-corrected chi connectivity index (χ2v) is 9.57. The van der Waals surface area contributed by atoms with Gasteiger partial charge in [0.1, 0.15) is 11.9 Å². The van der Waals surface area contributed by atoms with Gasteiger partial charge in [-0.2, -0.15) is 4.98 Å². The number of carbonyl (C=O) groups excluding carboxylic acids is 2. The zero-order valence-corrected chi connectivity index (χ0v) is 23.9. The van der Waals surface area contributed by atoms with Gasteiger partial charge in [-0.1, -0.05) is 24.0 Å². The van der Waals surface area contributed by atoms with E-state index in [0.717, 1.165) is 12.2 Å². The summed E-state index contributed by atoms with van der Waals surface area (Å²) in [5.41, 5.74) is 3.18. The zero-order chi connectivity index (χ0) is 29.6. The Balaban J connectivity index is 1.43. The van der Waals surface area contributed by atoms with E-state index >= 15 is 0 Å². The number of carbonyl (C=O) groups is 2. The van der Waals surface area contributed by atoms with E-state index in [4.69, 9.17) is 9.72 Å². The molecule has 218 valence electrons. The van der Waals surface area contributed by atoms with Gasteiger partial charge in [-0.3, -0.25) is 14.6 Å². The van der Waals surface area contributed by atoms with Crippen LogP contribution in [-0.4, -0.2) is 79.2 Å². The number of pyridine rings is 1. The first-order valence-corrected chi connectivity index (χ1v) is 13.9. The zero-order valence-electron chi connectivity index (χ0n) is 23.9. The molecule has 0 unspecified atom stereocenters. The summed E-state index contributed by atoms with van der Waals surface area (Å²) in [6, 6.07) is 10.5. The molecule has 3 heterocycles. The Bertz CT molecular complexity index is 1430. The molecule has 11 nitrogen and oxygen atoms in total. The van der Waals surface area contributed by atoms with Crippen LogP contribution in [0.2, 0.25) is 0 Å². The predicted molar refractivity (Wildman–Crippen MR) is 163 cm³/mol. The molecule has 0 spiro atoms. The van der Waals surface area contributed by atoms with Crippen LogP contribution in [0.5, 0.6) is 0 Å². The molecule has 1 aliphatic heterocycles. The van der Waals surface area contributed by atoms with E-state index in [2.05, 4.69) is 48.0 Å². The number of aromatic nitrogens is 3. The fourth-order valence-electron chi connectivity index (χ4n) is 4.11. The minimum absolute atomic E-state index is 0.328. The maximum Gasteiger partial charge on any atom is 0.246 e. The van der Waals surface area contributed by atoms with Crippen LogP contribution in [0.1, 0.15) is 23.6 Å². The largest absolute Gasteiger partial charge is 0.378 e. The first-order chi connectivity index (χ1) is 20.5. The van der Waals surface area contributed by atoms with Crippen LogP contribution >= 0.6 is 0 Å². The third kappa shape index (κ3) is 9.40. The van der Waals surface area contributed by atoms with Crippen molar-refractivity contribution in [2.24, 2.45) is 0 Å². The van der Waals surface area contributed by atoms with Gasteiger partial charge in [0, 0.05) is 55.9 Å². The lowest BCUT2D eigenvalue weighted by Gasteiger charge is -2.28. The van der Waals surface area contributed by atoms with Crippen LogP contribution in [0.4, 0.5) is 17.5 Å². The summed E-state index contributed by atoms with van der Waals surface area (Å²) in [7, 11) is 1.79. The minimum Gasteiger partial charge on any atom is -0.378 e. The van der Waals surface area contributed by atoms with Crippen LogP contribution in [-0.2, 0) is 20.7 Å². The van der Waals surface area contributed by atoms with Crippen molar-refractivity contribution in [1.82, 2.24) is 25.6 Å². The van der Waals surface area contributed by atoms with Crippen LogP contribution in [0.25, 0.3) is 0 Å². The van der Waals surface area contributed by atoms with E-state index in [1.54, 1.807) is 50.8 Å². The molecule has 1 aromatic carbocycles. The van der Waals surface area contributed by atoms with E-state index in [1.165, 1.54) is 11.6 Å². The van der Waals surface area contributed by atoms with Gasteiger partial charge in [0.25, 0.3) is 0 Å². The lowest BCUT2D eigenvalue weighted by atomic mass is 10.1. The number of likely N-dealkylation sites (N-methyl/N-ethyl adjacent to an activating group) is 1. The molecule has 0 radical (unpaired) electrons. The molecule has 1 fully saturated rings. The van der Waals surface area contributed by atoms with Crippen LogP contribution in [0.15, 0.2) is 67.1 Å². The van der Waals surface area contributed by atoms with Gasteiger partial charge in [-0.05, 0) is 56.3 Å². The smallest absolute Gasteiger partial charge is 0.246 e. The summed E-state index contributed by atoms with van der Waals surface area (Å²) in [5, 5.41) is 11.7. The third-order valence-electron chi connectivity index (χ3n) is 6.34. The highest BCUT2D eigenvalue weighted by Crippen LogP contribution is 2.20. The molecule has 42 heavy (non-hydrogen) atoms. The second kappa shape index (κ2) is 15.9. The minimum atomic E-state index is -0.712. The summed E-state index contributed by atoms with van der Waals surface area (Å²) in [4.78, 5) is 40.1. The van der Waals surface area contributed by atoms with Gasteiger partial charge in [0.2, 0.25) is 17.8 Å². The van der Waals surface area contributed by atoms with Gasteiger partial charge in [-0.25, -0.2) is 4.98 Å². The van der Waals surface area contributed by atoms with Crippen LogP contribution < -0.4 is 26.2 Å². The molecule has 3 aromatic rings. The monoisotopic (exact) mass is 568 g/mol.